The highest BCUT2D eigenvalue weighted by Gasteiger charge is 2.42. The summed E-state index contributed by atoms with van der Waals surface area (Å²) in [7, 11) is 1.64. The predicted molar refractivity (Wildman–Crippen MR) is 68.1 cm³/mol. The number of ether oxygens (including phenoxy) is 2. The number of aromatic nitrogens is 2. The highest BCUT2D eigenvalue weighted by atomic mass is 16.5. The van der Waals surface area contributed by atoms with E-state index in [0.717, 1.165) is 37.4 Å². The van der Waals surface area contributed by atoms with Gasteiger partial charge in [0.1, 0.15) is 5.69 Å². The van der Waals surface area contributed by atoms with Crippen molar-refractivity contribution in [3.63, 3.8) is 0 Å². The van der Waals surface area contributed by atoms with Gasteiger partial charge >= 0.3 is 0 Å². The third kappa shape index (κ3) is 2.11. The van der Waals surface area contributed by atoms with Gasteiger partial charge in [-0.15, -0.1) is 0 Å². The molecule has 0 bridgehead atoms. The van der Waals surface area contributed by atoms with Gasteiger partial charge in [0.15, 0.2) is 5.75 Å². The van der Waals surface area contributed by atoms with Crippen LogP contribution < -0.4 is 16.0 Å². The van der Waals surface area contributed by atoms with Crippen LogP contribution in [-0.2, 0) is 11.3 Å². The molecule has 1 saturated heterocycles. The molecule has 0 aliphatic carbocycles. The summed E-state index contributed by atoms with van der Waals surface area (Å²) in [5.41, 5.74) is 3.51. The van der Waals surface area contributed by atoms with Crippen LogP contribution in [0.5, 0.6) is 5.75 Å². The molecule has 0 radical (unpaired) electrons. The van der Waals surface area contributed by atoms with Crippen molar-refractivity contribution in [2.45, 2.75) is 44.9 Å². The van der Waals surface area contributed by atoms with Crippen molar-refractivity contribution in [1.29, 1.82) is 0 Å². The molecule has 1 aliphatic heterocycles. The van der Waals surface area contributed by atoms with E-state index in [1.165, 1.54) is 0 Å². The predicted octanol–water partition coefficient (Wildman–Crippen LogP) is 0.985. The Kier molecular flexibility index (Phi) is 3.89. The quantitative estimate of drug-likeness (QED) is 0.605. The minimum Gasteiger partial charge on any atom is -0.493 e. The van der Waals surface area contributed by atoms with Crippen LogP contribution in [0.3, 0.4) is 0 Å². The molecule has 3 N–H and O–H groups in total. The van der Waals surface area contributed by atoms with Gasteiger partial charge in [-0.3, -0.25) is 10.5 Å². The van der Waals surface area contributed by atoms with Crippen LogP contribution in [0, 0.1) is 0 Å². The van der Waals surface area contributed by atoms with Crippen LogP contribution in [0.25, 0.3) is 0 Å². The van der Waals surface area contributed by atoms with Crippen molar-refractivity contribution in [3.8, 4) is 5.75 Å². The molecule has 1 aromatic heterocycles. The first-order chi connectivity index (χ1) is 8.66. The summed E-state index contributed by atoms with van der Waals surface area (Å²) in [6.45, 7) is 5.67. The first kappa shape index (κ1) is 13.3. The maximum Gasteiger partial charge on any atom is 0.161 e. The average Bonchev–Trinajstić information content (AvgIpc) is 2.97. The van der Waals surface area contributed by atoms with Gasteiger partial charge in [0.2, 0.25) is 0 Å². The largest absolute Gasteiger partial charge is 0.493 e. The Hall–Kier alpha value is -1.11. The van der Waals surface area contributed by atoms with E-state index in [1.54, 1.807) is 13.3 Å². The summed E-state index contributed by atoms with van der Waals surface area (Å²) in [4.78, 5) is 0. The molecule has 1 fully saturated rings. The van der Waals surface area contributed by atoms with E-state index < -0.39 is 0 Å². The molecule has 2 atom stereocenters. The molecule has 0 spiro atoms. The van der Waals surface area contributed by atoms with Gasteiger partial charge in [0.05, 0.1) is 24.9 Å². The number of hydrogen-bond acceptors (Lipinski definition) is 5. The molecule has 2 heterocycles. The molecule has 102 valence electrons. The highest BCUT2D eigenvalue weighted by Crippen LogP contribution is 2.40. The molecule has 1 aliphatic rings. The van der Waals surface area contributed by atoms with Crippen molar-refractivity contribution < 1.29 is 9.47 Å². The van der Waals surface area contributed by atoms with E-state index in [0.29, 0.717) is 0 Å². The van der Waals surface area contributed by atoms with E-state index in [-0.39, 0.29) is 11.6 Å². The van der Waals surface area contributed by atoms with Crippen molar-refractivity contribution >= 4 is 0 Å². The van der Waals surface area contributed by atoms with E-state index in [2.05, 4.69) is 17.4 Å². The average molecular weight is 254 g/mol. The maximum atomic E-state index is 5.88. The Morgan fingerprint density at radius 2 is 2.50 bits per heavy atom. The second kappa shape index (κ2) is 5.26. The Morgan fingerprint density at radius 3 is 3.00 bits per heavy atom. The molecule has 2 unspecified atom stereocenters. The van der Waals surface area contributed by atoms with E-state index in [1.807, 2.05) is 11.6 Å². The summed E-state index contributed by atoms with van der Waals surface area (Å²) >= 11 is 0. The van der Waals surface area contributed by atoms with Gasteiger partial charge in [-0.2, -0.15) is 5.10 Å². The number of hydrazine groups is 1. The Balaban J connectivity index is 2.40. The van der Waals surface area contributed by atoms with E-state index in [4.69, 9.17) is 15.3 Å². The summed E-state index contributed by atoms with van der Waals surface area (Å²) in [5, 5.41) is 4.32. The Labute approximate surface area is 107 Å². The standard InChI is InChI=1S/C12H22N4O2/c1-4-16-10(9(17-3)8-14-16)11(15-13)12(2)6-5-7-18-12/h8,11,15H,4-7,13H2,1-3H3. The van der Waals surface area contributed by atoms with Gasteiger partial charge in [0.25, 0.3) is 0 Å². The lowest BCUT2D eigenvalue weighted by atomic mass is 9.90. The van der Waals surface area contributed by atoms with Crippen LogP contribution in [0.15, 0.2) is 6.20 Å². The number of nitrogens with zero attached hydrogens (tertiary/aromatic N) is 2. The monoisotopic (exact) mass is 254 g/mol. The fourth-order valence-corrected chi connectivity index (χ4v) is 2.65. The second-order valence-corrected chi connectivity index (χ2v) is 4.78. The lowest BCUT2D eigenvalue weighted by molar-refractivity contribution is -0.0154. The minimum absolute atomic E-state index is 0.127. The number of methoxy groups -OCH3 is 1. The van der Waals surface area contributed by atoms with Crippen molar-refractivity contribution in [2.24, 2.45) is 5.84 Å². The molecular formula is C12H22N4O2. The zero-order chi connectivity index (χ0) is 13.2. The van der Waals surface area contributed by atoms with Gasteiger partial charge in [-0.25, -0.2) is 5.43 Å². The SMILES string of the molecule is CCn1ncc(OC)c1C(NN)C1(C)CCCO1. The normalized spacial score (nSPS) is 25.3. The number of nitrogens with two attached hydrogens (primary N) is 1. The zero-order valence-electron chi connectivity index (χ0n) is 11.3. The summed E-state index contributed by atoms with van der Waals surface area (Å²) < 4.78 is 13.2. The first-order valence-corrected chi connectivity index (χ1v) is 6.36. The minimum atomic E-state index is -0.311. The number of hydrogen-bond donors (Lipinski definition) is 2. The van der Waals surface area contributed by atoms with Gasteiger partial charge in [-0.05, 0) is 26.7 Å². The maximum absolute atomic E-state index is 5.88. The molecule has 0 aromatic carbocycles. The second-order valence-electron chi connectivity index (χ2n) is 4.78. The molecule has 0 saturated carbocycles. The van der Waals surface area contributed by atoms with Crippen molar-refractivity contribution in [2.75, 3.05) is 13.7 Å². The molecule has 0 amide bonds. The zero-order valence-corrected chi connectivity index (χ0v) is 11.3. The fraction of sp³-hybridized carbons (Fsp3) is 0.750. The summed E-state index contributed by atoms with van der Waals surface area (Å²) in [5.74, 6) is 6.50. The summed E-state index contributed by atoms with van der Waals surface area (Å²) in [6.07, 6.45) is 3.75. The number of nitrogens with one attached hydrogen (secondary N) is 1. The Morgan fingerprint density at radius 1 is 1.72 bits per heavy atom. The smallest absolute Gasteiger partial charge is 0.161 e. The van der Waals surface area contributed by atoms with Crippen LogP contribution in [0.1, 0.15) is 38.4 Å². The van der Waals surface area contributed by atoms with E-state index in [9.17, 15) is 0 Å². The molecule has 18 heavy (non-hydrogen) atoms. The third-order valence-electron chi connectivity index (χ3n) is 3.66. The lowest BCUT2D eigenvalue weighted by Crippen LogP contribution is -2.45. The highest BCUT2D eigenvalue weighted by molar-refractivity contribution is 5.30. The lowest BCUT2D eigenvalue weighted by Gasteiger charge is -2.33. The van der Waals surface area contributed by atoms with Crippen molar-refractivity contribution in [3.05, 3.63) is 11.9 Å². The van der Waals surface area contributed by atoms with Crippen LogP contribution in [-0.4, -0.2) is 29.1 Å². The van der Waals surface area contributed by atoms with Crippen LogP contribution >= 0.6 is 0 Å². The van der Waals surface area contributed by atoms with Crippen LogP contribution in [0.2, 0.25) is 0 Å². The molecular weight excluding hydrogens is 232 g/mol. The van der Waals surface area contributed by atoms with Crippen molar-refractivity contribution in [1.82, 2.24) is 15.2 Å². The number of rotatable bonds is 5. The Bertz CT molecular complexity index is 377. The molecule has 2 rings (SSSR count). The van der Waals surface area contributed by atoms with E-state index >= 15 is 0 Å². The fourth-order valence-electron chi connectivity index (χ4n) is 2.65. The number of aryl methyl sites for hydroxylation is 1. The van der Waals surface area contributed by atoms with Gasteiger partial charge in [0, 0.05) is 13.2 Å². The van der Waals surface area contributed by atoms with Gasteiger partial charge in [-0.1, -0.05) is 0 Å². The molecule has 6 nitrogen and oxygen atoms in total. The molecule has 6 heteroatoms. The molecule has 1 aromatic rings. The van der Waals surface area contributed by atoms with Crippen LogP contribution in [0.4, 0.5) is 0 Å². The first-order valence-electron chi connectivity index (χ1n) is 6.36. The third-order valence-corrected chi connectivity index (χ3v) is 3.66. The topological polar surface area (TPSA) is 74.3 Å². The van der Waals surface area contributed by atoms with Gasteiger partial charge < -0.3 is 9.47 Å². The summed E-state index contributed by atoms with van der Waals surface area (Å²) in [6, 6.07) is -0.127.